The van der Waals surface area contributed by atoms with E-state index in [1.54, 1.807) is 6.33 Å². The van der Waals surface area contributed by atoms with Crippen molar-refractivity contribution >= 4 is 0 Å². The molecule has 0 saturated carbocycles. The smallest absolute Gasteiger partial charge is 0.115 e. The van der Waals surface area contributed by atoms with E-state index in [9.17, 15) is 0 Å². The summed E-state index contributed by atoms with van der Waals surface area (Å²) in [6.45, 7) is 1.70. The summed E-state index contributed by atoms with van der Waals surface area (Å²) in [6.07, 6.45) is 10.8. The van der Waals surface area contributed by atoms with E-state index < -0.39 is 0 Å². The molecule has 1 aromatic heterocycles. The van der Waals surface area contributed by atoms with Crippen LogP contribution in [0.1, 0.15) is 62.0 Å². The summed E-state index contributed by atoms with van der Waals surface area (Å²) in [7, 11) is 0. The van der Waals surface area contributed by atoms with E-state index in [0.29, 0.717) is 0 Å². The molecule has 0 aromatic carbocycles. The second kappa shape index (κ2) is 5.76. The van der Waals surface area contributed by atoms with E-state index in [4.69, 9.17) is 9.47 Å². The summed E-state index contributed by atoms with van der Waals surface area (Å²) in [5.74, 6) is 0. The molecule has 1 aromatic rings. The van der Waals surface area contributed by atoms with Crippen molar-refractivity contribution in [2.75, 3.05) is 13.2 Å². The Bertz CT molecular complexity index is 348. The maximum absolute atomic E-state index is 5.86. The summed E-state index contributed by atoms with van der Waals surface area (Å²) in [4.78, 5) is 8.63. The van der Waals surface area contributed by atoms with Crippen LogP contribution in [0.2, 0.25) is 0 Å². The van der Waals surface area contributed by atoms with Gasteiger partial charge >= 0.3 is 0 Å². The molecule has 0 spiro atoms. The van der Waals surface area contributed by atoms with Crippen molar-refractivity contribution in [3.8, 4) is 0 Å². The Kier molecular flexibility index (Phi) is 3.86. The topological polar surface area (TPSA) is 44.2 Å². The molecule has 0 radical (unpaired) electrons. The number of ether oxygens (including phenoxy) is 2. The molecule has 4 heteroatoms. The van der Waals surface area contributed by atoms with Gasteiger partial charge < -0.3 is 9.47 Å². The number of hydrogen-bond donors (Lipinski definition) is 0. The molecule has 3 heterocycles. The van der Waals surface area contributed by atoms with Crippen LogP contribution < -0.4 is 0 Å². The zero-order chi connectivity index (χ0) is 12.2. The molecule has 2 aliphatic rings. The second-order valence-corrected chi connectivity index (χ2v) is 5.07. The number of aromatic nitrogens is 2. The number of hydrogen-bond acceptors (Lipinski definition) is 4. The Morgan fingerprint density at radius 3 is 2.33 bits per heavy atom. The summed E-state index contributed by atoms with van der Waals surface area (Å²) in [5, 5.41) is 0. The van der Waals surface area contributed by atoms with Crippen molar-refractivity contribution in [1.29, 1.82) is 0 Å². The minimum Gasteiger partial charge on any atom is -0.373 e. The van der Waals surface area contributed by atoms with Gasteiger partial charge in [-0.3, -0.25) is 0 Å². The van der Waals surface area contributed by atoms with Crippen molar-refractivity contribution in [2.45, 2.75) is 50.7 Å². The molecule has 2 fully saturated rings. The van der Waals surface area contributed by atoms with Crippen molar-refractivity contribution < 1.29 is 9.47 Å². The van der Waals surface area contributed by atoms with Crippen LogP contribution in [0.5, 0.6) is 0 Å². The van der Waals surface area contributed by atoms with Crippen LogP contribution in [0.3, 0.4) is 0 Å². The molecule has 2 aliphatic heterocycles. The standard InChI is InChI=1S/C14H20N2O2/c1-3-7-17-12(5-1)11-9-15-10-16-14(11)13-6-2-4-8-18-13/h9-10,12-13H,1-8H2. The fourth-order valence-corrected chi connectivity index (χ4v) is 2.81. The lowest BCUT2D eigenvalue weighted by Gasteiger charge is -2.28. The van der Waals surface area contributed by atoms with Gasteiger partial charge in [-0.2, -0.15) is 0 Å². The van der Waals surface area contributed by atoms with E-state index in [1.807, 2.05) is 6.20 Å². The molecule has 18 heavy (non-hydrogen) atoms. The molecular weight excluding hydrogens is 228 g/mol. The van der Waals surface area contributed by atoms with Crippen LogP contribution in [-0.2, 0) is 9.47 Å². The highest BCUT2D eigenvalue weighted by Gasteiger charge is 2.26. The minimum absolute atomic E-state index is 0.141. The Balaban J connectivity index is 1.83. The predicted octanol–water partition coefficient (Wildman–Crippen LogP) is 2.96. The Morgan fingerprint density at radius 2 is 1.67 bits per heavy atom. The van der Waals surface area contributed by atoms with Gasteiger partial charge in [0.05, 0.1) is 17.9 Å². The van der Waals surface area contributed by atoms with Gasteiger partial charge in [0.25, 0.3) is 0 Å². The quantitative estimate of drug-likeness (QED) is 0.807. The van der Waals surface area contributed by atoms with Crippen molar-refractivity contribution in [2.24, 2.45) is 0 Å². The maximum Gasteiger partial charge on any atom is 0.115 e. The first kappa shape index (κ1) is 12.1. The average molecular weight is 248 g/mol. The number of rotatable bonds is 2. The summed E-state index contributed by atoms with van der Waals surface area (Å²) < 4.78 is 11.7. The molecule has 4 nitrogen and oxygen atoms in total. The molecule has 98 valence electrons. The number of nitrogens with zero attached hydrogens (tertiary/aromatic N) is 2. The van der Waals surface area contributed by atoms with Gasteiger partial charge in [-0.25, -0.2) is 9.97 Å². The van der Waals surface area contributed by atoms with Gasteiger partial charge in [0.1, 0.15) is 6.33 Å². The predicted molar refractivity (Wildman–Crippen MR) is 67.1 cm³/mol. The zero-order valence-electron chi connectivity index (χ0n) is 10.7. The van der Waals surface area contributed by atoms with Crippen molar-refractivity contribution in [1.82, 2.24) is 9.97 Å². The lowest BCUT2D eigenvalue weighted by molar-refractivity contribution is -0.00296. The summed E-state index contributed by atoms with van der Waals surface area (Å²) in [6, 6.07) is 0. The fraction of sp³-hybridized carbons (Fsp3) is 0.714. The van der Waals surface area contributed by atoms with E-state index in [1.165, 1.54) is 19.3 Å². The van der Waals surface area contributed by atoms with Gasteiger partial charge in [0.2, 0.25) is 0 Å². The molecule has 2 atom stereocenters. The third-order valence-corrected chi connectivity index (χ3v) is 3.78. The van der Waals surface area contributed by atoms with E-state index in [2.05, 4.69) is 9.97 Å². The minimum atomic E-state index is 0.141. The van der Waals surface area contributed by atoms with Gasteiger partial charge in [-0.1, -0.05) is 0 Å². The fourth-order valence-electron chi connectivity index (χ4n) is 2.81. The Labute approximate surface area is 108 Å². The zero-order valence-corrected chi connectivity index (χ0v) is 10.7. The summed E-state index contributed by atoms with van der Waals surface area (Å²) >= 11 is 0. The van der Waals surface area contributed by atoms with Crippen LogP contribution in [0.4, 0.5) is 0 Å². The third-order valence-electron chi connectivity index (χ3n) is 3.78. The van der Waals surface area contributed by atoms with Crippen LogP contribution in [0, 0.1) is 0 Å². The van der Waals surface area contributed by atoms with Crippen LogP contribution in [0.15, 0.2) is 12.5 Å². The molecule has 0 aliphatic carbocycles. The van der Waals surface area contributed by atoms with Crippen LogP contribution in [-0.4, -0.2) is 23.2 Å². The van der Waals surface area contributed by atoms with E-state index in [0.717, 1.165) is 43.7 Å². The van der Waals surface area contributed by atoms with E-state index in [-0.39, 0.29) is 12.2 Å². The molecule has 0 N–H and O–H groups in total. The monoisotopic (exact) mass is 248 g/mol. The molecule has 2 saturated heterocycles. The molecular formula is C14H20N2O2. The highest BCUT2D eigenvalue weighted by molar-refractivity contribution is 5.22. The summed E-state index contributed by atoms with van der Waals surface area (Å²) in [5.41, 5.74) is 2.20. The molecule has 0 amide bonds. The first-order valence-corrected chi connectivity index (χ1v) is 6.98. The highest BCUT2D eigenvalue weighted by atomic mass is 16.5. The van der Waals surface area contributed by atoms with Crippen LogP contribution in [0.25, 0.3) is 0 Å². The third kappa shape index (κ3) is 2.54. The van der Waals surface area contributed by atoms with Gasteiger partial charge in [-0.05, 0) is 38.5 Å². The average Bonchev–Trinajstić information content (AvgIpc) is 2.49. The van der Waals surface area contributed by atoms with Crippen molar-refractivity contribution in [3.63, 3.8) is 0 Å². The van der Waals surface area contributed by atoms with Gasteiger partial charge in [0, 0.05) is 25.0 Å². The maximum atomic E-state index is 5.86. The lowest BCUT2D eigenvalue weighted by atomic mass is 9.96. The van der Waals surface area contributed by atoms with E-state index >= 15 is 0 Å². The molecule has 2 unspecified atom stereocenters. The SMILES string of the molecule is c1ncc(C2CCCCO2)c(C2CCCCO2)n1. The normalized spacial score (nSPS) is 29.1. The first-order chi connectivity index (χ1) is 8.95. The lowest BCUT2D eigenvalue weighted by Crippen LogP contribution is -2.19. The van der Waals surface area contributed by atoms with Crippen molar-refractivity contribution in [3.05, 3.63) is 23.8 Å². The van der Waals surface area contributed by atoms with Gasteiger partial charge in [-0.15, -0.1) is 0 Å². The van der Waals surface area contributed by atoms with Crippen LogP contribution >= 0.6 is 0 Å². The molecule has 3 rings (SSSR count). The largest absolute Gasteiger partial charge is 0.373 e. The highest BCUT2D eigenvalue weighted by Crippen LogP contribution is 2.35. The second-order valence-electron chi connectivity index (χ2n) is 5.07. The molecule has 0 bridgehead atoms. The Hall–Kier alpha value is -1.00. The Morgan fingerprint density at radius 1 is 0.944 bits per heavy atom. The van der Waals surface area contributed by atoms with Gasteiger partial charge in [0.15, 0.2) is 0 Å². The first-order valence-electron chi connectivity index (χ1n) is 6.98.